The van der Waals surface area contributed by atoms with Crippen molar-refractivity contribution in [1.29, 1.82) is 0 Å². The summed E-state index contributed by atoms with van der Waals surface area (Å²) in [5.41, 5.74) is 7.21. The van der Waals surface area contributed by atoms with Gasteiger partial charge in [-0.25, -0.2) is 4.39 Å². The first kappa shape index (κ1) is 14.3. The van der Waals surface area contributed by atoms with Crippen molar-refractivity contribution in [1.82, 2.24) is 4.90 Å². The van der Waals surface area contributed by atoms with E-state index in [4.69, 9.17) is 17.3 Å². The molecule has 104 valence electrons. The van der Waals surface area contributed by atoms with Gasteiger partial charge in [0, 0.05) is 24.3 Å². The highest BCUT2D eigenvalue weighted by Crippen LogP contribution is 2.20. The van der Waals surface area contributed by atoms with E-state index in [1.807, 2.05) is 0 Å². The molecule has 2 rings (SSSR count). The van der Waals surface area contributed by atoms with Crippen LogP contribution in [0.15, 0.2) is 42.5 Å². The van der Waals surface area contributed by atoms with Crippen molar-refractivity contribution in [3.8, 4) is 0 Å². The van der Waals surface area contributed by atoms with E-state index in [0.717, 1.165) is 0 Å². The molecule has 2 aromatic carbocycles. The van der Waals surface area contributed by atoms with Crippen molar-refractivity contribution < 1.29 is 9.18 Å². The quantitative estimate of drug-likeness (QED) is 0.882. The van der Waals surface area contributed by atoms with Gasteiger partial charge in [-0.2, -0.15) is 0 Å². The molecule has 2 aromatic rings. The molecule has 0 aliphatic carbocycles. The van der Waals surface area contributed by atoms with Gasteiger partial charge in [-0.05, 0) is 35.9 Å². The van der Waals surface area contributed by atoms with Crippen LogP contribution < -0.4 is 5.73 Å². The van der Waals surface area contributed by atoms with Crippen LogP contribution in [0.4, 0.5) is 10.1 Å². The molecular weight excluding hydrogens is 279 g/mol. The van der Waals surface area contributed by atoms with Crippen LogP contribution in [0.5, 0.6) is 0 Å². The molecule has 2 N–H and O–H groups in total. The van der Waals surface area contributed by atoms with Crippen LogP contribution in [0.2, 0.25) is 5.02 Å². The molecular formula is C15H14ClFN2O. The highest BCUT2D eigenvalue weighted by atomic mass is 35.5. The first-order valence-corrected chi connectivity index (χ1v) is 6.40. The Bertz CT molecular complexity index is 646. The zero-order chi connectivity index (χ0) is 14.7. The summed E-state index contributed by atoms with van der Waals surface area (Å²) < 4.78 is 13.1. The van der Waals surface area contributed by atoms with Gasteiger partial charge in [0.15, 0.2) is 0 Å². The summed E-state index contributed by atoms with van der Waals surface area (Å²) in [7, 11) is 1.64. The Morgan fingerprint density at radius 1 is 1.30 bits per heavy atom. The molecule has 0 atom stereocenters. The number of nitrogens with two attached hydrogens (primary N) is 1. The fourth-order valence-electron chi connectivity index (χ4n) is 1.91. The molecule has 0 aromatic heterocycles. The van der Waals surface area contributed by atoms with Gasteiger partial charge in [0.25, 0.3) is 5.91 Å². The Morgan fingerprint density at radius 3 is 2.70 bits per heavy atom. The van der Waals surface area contributed by atoms with E-state index in [1.54, 1.807) is 31.3 Å². The normalized spacial score (nSPS) is 10.3. The third-order valence-corrected chi connectivity index (χ3v) is 3.13. The van der Waals surface area contributed by atoms with Crippen molar-refractivity contribution in [3.05, 3.63) is 64.4 Å². The third kappa shape index (κ3) is 3.27. The second-order valence-electron chi connectivity index (χ2n) is 4.52. The second kappa shape index (κ2) is 5.92. The third-order valence-electron chi connectivity index (χ3n) is 2.90. The number of hydrogen-bond acceptors (Lipinski definition) is 2. The lowest BCUT2D eigenvalue weighted by atomic mass is 10.1. The van der Waals surface area contributed by atoms with Gasteiger partial charge in [0.2, 0.25) is 0 Å². The van der Waals surface area contributed by atoms with E-state index in [1.165, 1.54) is 23.1 Å². The predicted octanol–water partition coefficient (Wildman–Crippen LogP) is 3.33. The molecule has 3 nitrogen and oxygen atoms in total. The van der Waals surface area contributed by atoms with Crippen LogP contribution >= 0.6 is 11.6 Å². The SMILES string of the molecule is CN(Cc1cccc(F)c1)C(=O)c1ccc(Cl)cc1N. The van der Waals surface area contributed by atoms with Crippen molar-refractivity contribution in [3.63, 3.8) is 0 Å². The number of halogens is 2. The summed E-state index contributed by atoms with van der Waals surface area (Å²) >= 11 is 5.80. The molecule has 0 radical (unpaired) electrons. The van der Waals surface area contributed by atoms with Gasteiger partial charge in [-0.3, -0.25) is 4.79 Å². The maximum absolute atomic E-state index is 13.1. The molecule has 0 spiro atoms. The lowest BCUT2D eigenvalue weighted by molar-refractivity contribution is 0.0786. The first-order chi connectivity index (χ1) is 9.47. The number of carbonyl (C=O) groups is 1. The number of carbonyl (C=O) groups excluding carboxylic acids is 1. The summed E-state index contributed by atoms with van der Waals surface area (Å²) in [6, 6.07) is 10.9. The Kier molecular flexibility index (Phi) is 4.25. The summed E-state index contributed by atoms with van der Waals surface area (Å²) in [4.78, 5) is 13.8. The minimum Gasteiger partial charge on any atom is -0.398 e. The fraction of sp³-hybridized carbons (Fsp3) is 0.133. The largest absolute Gasteiger partial charge is 0.398 e. The average Bonchev–Trinajstić information content (AvgIpc) is 2.38. The maximum atomic E-state index is 13.1. The van der Waals surface area contributed by atoms with Gasteiger partial charge < -0.3 is 10.6 Å². The average molecular weight is 293 g/mol. The van der Waals surface area contributed by atoms with E-state index in [2.05, 4.69) is 0 Å². The van der Waals surface area contributed by atoms with Gasteiger partial charge in [-0.15, -0.1) is 0 Å². The first-order valence-electron chi connectivity index (χ1n) is 6.02. The highest BCUT2D eigenvalue weighted by molar-refractivity contribution is 6.31. The summed E-state index contributed by atoms with van der Waals surface area (Å²) in [5, 5.41) is 0.479. The number of nitrogens with zero attached hydrogens (tertiary/aromatic N) is 1. The van der Waals surface area contributed by atoms with E-state index in [0.29, 0.717) is 28.4 Å². The summed E-state index contributed by atoms with van der Waals surface area (Å²) in [5.74, 6) is -0.558. The number of nitrogen functional groups attached to an aromatic ring is 1. The molecule has 0 aliphatic heterocycles. The Labute approximate surface area is 121 Å². The Hall–Kier alpha value is -2.07. The van der Waals surface area contributed by atoms with E-state index in [9.17, 15) is 9.18 Å². The van der Waals surface area contributed by atoms with E-state index < -0.39 is 0 Å². The van der Waals surface area contributed by atoms with Crippen LogP contribution in [-0.4, -0.2) is 17.9 Å². The second-order valence-corrected chi connectivity index (χ2v) is 4.96. The van der Waals surface area contributed by atoms with Crippen LogP contribution in [-0.2, 0) is 6.54 Å². The minimum atomic E-state index is -0.325. The molecule has 0 saturated carbocycles. The van der Waals surface area contributed by atoms with Gasteiger partial charge in [0.1, 0.15) is 5.82 Å². The summed E-state index contributed by atoms with van der Waals surface area (Å²) in [6.07, 6.45) is 0. The molecule has 0 heterocycles. The number of anilines is 1. The minimum absolute atomic E-state index is 0.233. The predicted molar refractivity (Wildman–Crippen MR) is 78.1 cm³/mol. The zero-order valence-corrected chi connectivity index (χ0v) is 11.7. The van der Waals surface area contributed by atoms with Crippen LogP contribution in [0, 0.1) is 5.82 Å². The molecule has 0 aliphatic rings. The number of hydrogen-bond donors (Lipinski definition) is 1. The smallest absolute Gasteiger partial charge is 0.255 e. The Morgan fingerprint density at radius 2 is 2.05 bits per heavy atom. The molecule has 0 unspecified atom stereocenters. The molecule has 1 amide bonds. The molecule has 0 bridgehead atoms. The van der Waals surface area contributed by atoms with Crippen LogP contribution in [0.1, 0.15) is 15.9 Å². The molecule has 5 heteroatoms. The highest BCUT2D eigenvalue weighted by Gasteiger charge is 2.15. The van der Waals surface area contributed by atoms with E-state index >= 15 is 0 Å². The van der Waals surface area contributed by atoms with Crippen molar-refractivity contribution in [2.45, 2.75) is 6.54 Å². The molecule has 20 heavy (non-hydrogen) atoms. The summed E-state index contributed by atoms with van der Waals surface area (Å²) in [6.45, 7) is 0.304. The lowest BCUT2D eigenvalue weighted by Gasteiger charge is -2.18. The van der Waals surface area contributed by atoms with Gasteiger partial charge in [0.05, 0.1) is 5.56 Å². The standard InChI is InChI=1S/C15H14ClFN2O/c1-19(9-10-3-2-4-12(17)7-10)15(20)13-6-5-11(16)8-14(13)18/h2-8H,9,18H2,1H3. The lowest BCUT2D eigenvalue weighted by Crippen LogP contribution is -2.27. The topological polar surface area (TPSA) is 46.3 Å². The monoisotopic (exact) mass is 292 g/mol. The van der Waals surface area contributed by atoms with Crippen molar-refractivity contribution in [2.24, 2.45) is 0 Å². The van der Waals surface area contributed by atoms with E-state index in [-0.39, 0.29) is 11.7 Å². The molecule has 0 fully saturated rings. The number of rotatable bonds is 3. The number of benzene rings is 2. The Balaban J connectivity index is 2.16. The molecule has 0 saturated heterocycles. The van der Waals surface area contributed by atoms with Gasteiger partial charge in [-0.1, -0.05) is 23.7 Å². The van der Waals surface area contributed by atoms with Crippen molar-refractivity contribution >= 4 is 23.2 Å². The van der Waals surface area contributed by atoms with Gasteiger partial charge >= 0.3 is 0 Å². The fourth-order valence-corrected chi connectivity index (χ4v) is 2.10. The van der Waals surface area contributed by atoms with Crippen LogP contribution in [0.25, 0.3) is 0 Å². The van der Waals surface area contributed by atoms with Crippen LogP contribution in [0.3, 0.4) is 0 Å². The number of amides is 1. The zero-order valence-electron chi connectivity index (χ0n) is 10.9. The maximum Gasteiger partial charge on any atom is 0.255 e. The van der Waals surface area contributed by atoms with Crippen molar-refractivity contribution in [2.75, 3.05) is 12.8 Å².